The number of aryl methyl sites for hydroxylation is 2. The van der Waals surface area contributed by atoms with Gasteiger partial charge in [-0.25, -0.2) is 15.0 Å². The van der Waals surface area contributed by atoms with Gasteiger partial charge in [0.25, 0.3) is 0 Å². The summed E-state index contributed by atoms with van der Waals surface area (Å²) in [6.45, 7) is 4.27. The molecule has 1 aliphatic heterocycles. The summed E-state index contributed by atoms with van der Waals surface area (Å²) < 4.78 is 0. The van der Waals surface area contributed by atoms with Gasteiger partial charge in [-0.05, 0) is 38.3 Å². The molecular weight excluding hydrogens is 282 g/mol. The fraction of sp³-hybridized carbons (Fsp3) is 0.600. The van der Waals surface area contributed by atoms with Crippen molar-refractivity contribution in [3.63, 3.8) is 0 Å². The third kappa shape index (κ3) is 2.52. The number of nitrogens with zero attached hydrogens (tertiary/aromatic N) is 4. The van der Waals surface area contributed by atoms with Crippen molar-refractivity contribution >= 4 is 27.4 Å². The minimum atomic E-state index is 1.00. The van der Waals surface area contributed by atoms with Crippen molar-refractivity contribution in [2.45, 2.75) is 25.7 Å². The molecule has 2 aromatic heterocycles. The predicted octanol–water partition coefficient (Wildman–Crippen LogP) is 2.14. The first-order chi connectivity index (χ1) is 10.3. The Bertz CT molecular complexity index is 645. The zero-order valence-electron chi connectivity index (χ0n) is 12.4. The maximum Gasteiger partial charge on any atom is 0.152 e. The fourth-order valence-corrected chi connectivity index (χ4v) is 4.47. The molecule has 4 rings (SSSR count). The zero-order chi connectivity index (χ0) is 14.2. The molecule has 112 valence electrons. The van der Waals surface area contributed by atoms with E-state index in [2.05, 4.69) is 32.4 Å². The normalized spacial score (nSPS) is 20.6. The quantitative estimate of drug-likeness (QED) is 0.921. The number of piperazine rings is 1. The van der Waals surface area contributed by atoms with Gasteiger partial charge in [0.05, 0.1) is 5.39 Å². The maximum absolute atomic E-state index is 4.53. The Morgan fingerprint density at radius 1 is 1.10 bits per heavy atom. The van der Waals surface area contributed by atoms with E-state index in [-0.39, 0.29) is 0 Å². The van der Waals surface area contributed by atoms with E-state index < -0.39 is 0 Å². The van der Waals surface area contributed by atoms with Crippen molar-refractivity contribution < 1.29 is 0 Å². The molecule has 6 heteroatoms. The number of hydrogen-bond donors (Lipinski definition) is 1. The van der Waals surface area contributed by atoms with Crippen LogP contribution in [0.1, 0.15) is 23.3 Å². The Hall–Kier alpha value is -1.24. The fourth-order valence-electron chi connectivity index (χ4n) is 3.24. The molecule has 2 aromatic rings. The molecule has 2 aliphatic rings. The lowest BCUT2D eigenvalue weighted by Gasteiger charge is -2.32. The van der Waals surface area contributed by atoms with Crippen LogP contribution in [0.3, 0.4) is 0 Å². The van der Waals surface area contributed by atoms with E-state index in [0.717, 1.165) is 36.8 Å². The number of aromatic nitrogens is 2. The van der Waals surface area contributed by atoms with Crippen molar-refractivity contribution in [1.82, 2.24) is 19.9 Å². The van der Waals surface area contributed by atoms with Crippen LogP contribution in [0, 0.1) is 0 Å². The predicted molar refractivity (Wildman–Crippen MR) is 86.7 cm³/mol. The van der Waals surface area contributed by atoms with Crippen LogP contribution >= 0.6 is 11.3 Å². The highest BCUT2D eigenvalue weighted by Crippen LogP contribution is 2.38. The number of fused-ring (bicyclic) bond motifs is 3. The number of anilines is 1. The van der Waals surface area contributed by atoms with E-state index in [1.165, 1.54) is 41.5 Å². The number of likely N-dealkylation sites (N-methyl/N-ethyl adjacent to an activating group) is 1. The lowest BCUT2D eigenvalue weighted by atomic mass is 9.97. The van der Waals surface area contributed by atoms with E-state index in [1.807, 2.05) is 11.3 Å². The highest BCUT2D eigenvalue weighted by Gasteiger charge is 2.21. The minimum absolute atomic E-state index is 1.00. The van der Waals surface area contributed by atoms with Gasteiger partial charge in [-0.1, -0.05) is 0 Å². The lowest BCUT2D eigenvalue weighted by molar-refractivity contribution is 0.178. The summed E-state index contributed by atoms with van der Waals surface area (Å²) in [5.74, 6) is 1.00. The van der Waals surface area contributed by atoms with Crippen LogP contribution in [0.5, 0.6) is 0 Å². The first-order valence-corrected chi connectivity index (χ1v) is 8.58. The average Bonchev–Trinajstić information content (AvgIpc) is 2.89. The molecule has 1 N–H and O–H groups in total. The second kappa shape index (κ2) is 5.51. The van der Waals surface area contributed by atoms with Crippen LogP contribution in [0.4, 0.5) is 5.82 Å². The van der Waals surface area contributed by atoms with Crippen molar-refractivity contribution in [3.05, 3.63) is 16.8 Å². The van der Waals surface area contributed by atoms with Crippen molar-refractivity contribution in [1.29, 1.82) is 0 Å². The van der Waals surface area contributed by atoms with Gasteiger partial charge >= 0.3 is 0 Å². The van der Waals surface area contributed by atoms with Gasteiger partial charge in [0.15, 0.2) is 5.82 Å². The average molecular weight is 303 g/mol. The van der Waals surface area contributed by atoms with Gasteiger partial charge in [0.1, 0.15) is 11.2 Å². The molecule has 0 bridgehead atoms. The Kier molecular flexibility index (Phi) is 3.52. The smallest absolute Gasteiger partial charge is 0.152 e. The van der Waals surface area contributed by atoms with E-state index in [4.69, 9.17) is 0 Å². The number of nitrogens with one attached hydrogen (secondary N) is 1. The summed E-state index contributed by atoms with van der Waals surface area (Å²) in [6.07, 6.45) is 6.70. The molecule has 0 unspecified atom stereocenters. The van der Waals surface area contributed by atoms with Crippen LogP contribution in [0.25, 0.3) is 10.2 Å². The second-order valence-electron chi connectivity index (χ2n) is 6.02. The number of thiophene rings is 1. The lowest BCUT2D eigenvalue weighted by Crippen LogP contribution is -2.47. The molecule has 5 nitrogen and oxygen atoms in total. The van der Waals surface area contributed by atoms with Crippen molar-refractivity contribution in [2.24, 2.45) is 0 Å². The van der Waals surface area contributed by atoms with Crippen LogP contribution in [-0.4, -0.2) is 53.1 Å². The summed E-state index contributed by atoms with van der Waals surface area (Å²) in [6, 6.07) is 0. The van der Waals surface area contributed by atoms with E-state index in [1.54, 1.807) is 6.33 Å². The highest BCUT2D eigenvalue weighted by atomic mass is 32.1. The Balaban J connectivity index is 1.66. The summed E-state index contributed by atoms with van der Waals surface area (Å²) in [7, 11) is 2.18. The third-order valence-corrected chi connectivity index (χ3v) is 5.72. The minimum Gasteiger partial charge on any atom is -0.304 e. The van der Waals surface area contributed by atoms with E-state index >= 15 is 0 Å². The molecule has 21 heavy (non-hydrogen) atoms. The molecule has 1 aliphatic carbocycles. The van der Waals surface area contributed by atoms with Crippen LogP contribution in [0.2, 0.25) is 0 Å². The number of rotatable bonds is 2. The Morgan fingerprint density at radius 3 is 2.76 bits per heavy atom. The molecule has 3 heterocycles. The Labute approximate surface area is 129 Å². The molecule has 1 fully saturated rings. The highest BCUT2D eigenvalue weighted by molar-refractivity contribution is 7.19. The van der Waals surface area contributed by atoms with Crippen LogP contribution < -0.4 is 5.43 Å². The monoisotopic (exact) mass is 303 g/mol. The van der Waals surface area contributed by atoms with E-state index in [9.17, 15) is 0 Å². The molecule has 0 spiro atoms. The van der Waals surface area contributed by atoms with Gasteiger partial charge in [-0.3, -0.25) is 0 Å². The summed E-state index contributed by atoms with van der Waals surface area (Å²) in [5.41, 5.74) is 5.04. The van der Waals surface area contributed by atoms with Gasteiger partial charge in [0, 0.05) is 31.1 Å². The summed E-state index contributed by atoms with van der Waals surface area (Å²) in [5, 5.41) is 3.56. The van der Waals surface area contributed by atoms with Gasteiger partial charge in [-0.2, -0.15) is 0 Å². The molecule has 0 amide bonds. The van der Waals surface area contributed by atoms with Crippen molar-refractivity contribution in [2.75, 3.05) is 38.7 Å². The number of hydrazine groups is 1. The second-order valence-corrected chi connectivity index (χ2v) is 7.10. The first-order valence-electron chi connectivity index (χ1n) is 7.76. The van der Waals surface area contributed by atoms with Gasteiger partial charge < -0.3 is 10.3 Å². The molecule has 0 radical (unpaired) electrons. The topological polar surface area (TPSA) is 44.3 Å². The third-order valence-electron chi connectivity index (χ3n) is 4.52. The SMILES string of the molecule is CN1CCN(Nc2ncnc3sc4c(c23)CCCC4)CC1. The Morgan fingerprint density at radius 2 is 1.90 bits per heavy atom. The van der Waals surface area contributed by atoms with E-state index in [0.29, 0.717) is 0 Å². The molecule has 0 atom stereocenters. The molecular formula is C15H21N5S. The van der Waals surface area contributed by atoms with Gasteiger partial charge in [-0.15, -0.1) is 11.3 Å². The van der Waals surface area contributed by atoms with Gasteiger partial charge in [0.2, 0.25) is 0 Å². The zero-order valence-corrected chi connectivity index (χ0v) is 13.2. The largest absolute Gasteiger partial charge is 0.304 e. The molecule has 0 aromatic carbocycles. The molecule has 1 saturated heterocycles. The standard InChI is InChI=1S/C15H21N5S/c1-19-6-8-20(9-7-19)18-14-13-11-4-2-3-5-12(11)21-15(13)17-10-16-14/h10H,2-9H2,1H3,(H,16,17,18). The van der Waals surface area contributed by atoms with Crippen molar-refractivity contribution in [3.8, 4) is 0 Å². The summed E-state index contributed by atoms with van der Waals surface area (Å²) in [4.78, 5) is 14.1. The van der Waals surface area contributed by atoms with Crippen LogP contribution in [0.15, 0.2) is 6.33 Å². The maximum atomic E-state index is 4.53. The number of hydrogen-bond acceptors (Lipinski definition) is 6. The first kappa shape index (κ1) is 13.4. The molecule has 0 saturated carbocycles. The van der Waals surface area contributed by atoms with Crippen LogP contribution in [-0.2, 0) is 12.8 Å². The summed E-state index contributed by atoms with van der Waals surface area (Å²) >= 11 is 1.86.